The van der Waals surface area contributed by atoms with E-state index in [0.717, 1.165) is 28.8 Å². The van der Waals surface area contributed by atoms with Crippen LogP contribution in [0, 0.1) is 6.92 Å². The standard InChI is InChI=1S/C22H24BrN5O3/c1-4-9-28-18(10-14(2)26-28)13-27(3)20-19(22(30)31)11-17(12-24-20)25-21(29)15-5-7-16(23)8-6-15/h5-8,10-12H,4,9,13H2,1-3H3,(H,25,29)(H,30,31). The Balaban J connectivity index is 1.82. The molecule has 3 aromatic rings. The highest BCUT2D eigenvalue weighted by atomic mass is 79.9. The molecule has 3 rings (SSSR count). The number of nitrogens with zero attached hydrogens (tertiary/aromatic N) is 4. The molecular formula is C22H24BrN5O3. The van der Waals surface area contributed by atoms with Crippen molar-refractivity contribution in [1.82, 2.24) is 14.8 Å². The van der Waals surface area contributed by atoms with Crippen molar-refractivity contribution in [1.29, 1.82) is 0 Å². The number of halogens is 1. The van der Waals surface area contributed by atoms with Crippen molar-refractivity contribution in [2.24, 2.45) is 0 Å². The summed E-state index contributed by atoms with van der Waals surface area (Å²) in [5.41, 5.74) is 2.67. The molecule has 0 bridgehead atoms. The van der Waals surface area contributed by atoms with Crippen LogP contribution >= 0.6 is 15.9 Å². The second-order valence-electron chi connectivity index (χ2n) is 7.22. The van der Waals surface area contributed by atoms with Crippen LogP contribution < -0.4 is 10.2 Å². The molecule has 0 fully saturated rings. The van der Waals surface area contributed by atoms with Crippen molar-refractivity contribution in [2.75, 3.05) is 17.3 Å². The molecular weight excluding hydrogens is 462 g/mol. The molecule has 0 radical (unpaired) electrons. The van der Waals surface area contributed by atoms with Gasteiger partial charge in [-0.05, 0) is 49.7 Å². The van der Waals surface area contributed by atoms with E-state index in [2.05, 4.69) is 38.3 Å². The summed E-state index contributed by atoms with van der Waals surface area (Å²) in [6, 6.07) is 10.3. The third-order valence-corrected chi connectivity index (χ3v) is 5.17. The summed E-state index contributed by atoms with van der Waals surface area (Å²) in [6.07, 6.45) is 2.41. The van der Waals surface area contributed by atoms with Crippen LogP contribution in [0.25, 0.3) is 0 Å². The van der Waals surface area contributed by atoms with Gasteiger partial charge in [-0.25, -0.2) is 9.78 Å². The van der Waals surface area contributed by atoms with Gasteiger partial charge in [0.1, 0.15) is 11.4 Å². The van der Waals surface area contributed by atoms with Crippen molar-refractivity contribution < 1.29 is 14.7 Å². The van der Waals surface area contributed by atoms with E-state index >= 15 is 0 Å². The maximum Gasteiger partial charge on any atom is 0.339 e. The van der Waals surface area contributed by atoms with Gasteiger partial charge in [0.25, 0.3) is 5.91 Å². The van der Waals surface area contributed by atoms with Gasteiger partial charge in [-0.15, -0.1) is 0 Å². The maximum absolute atomic E-state index is 12.4. The summed E-state index contributed by atoms with van der Waals surface area (Å²) < 4.78 is 2.79. The number of nitrogens with one attached hydrogen (secondary N) is 1. The fourth-order valence-corrected chi connectivity index (χ4v) is 3.51. The number of carboxylic acids is 1. The zero-order chi connectivity index (χ0) is 22.5. The van der Waals surface area contributed by atoms with Crippen LogP contribution in [-0.2, 0) is 13.1 Å². The second kappa shape index (κ2) is 9.74. The highest BCUT2D eigenvalue weighted by Gasteiger charge is 2.19. The van der Waals surface area contributed by atoms with Crippen LogP contribution in [0.2, 0.25) is 0 Å². The van der Waals surface area contributed by atoms with Crippen molar-refractivity contribution in [3.63, 3.8) is 0 Å². The van der Waals surface area contributed by atoms with Gasteiger partial charge in [0.2, 0.25) is 0 Å². The van der Waals surface area contributed by atoms with Crippen LogP contribution in [0.5, 0.6) is 0 Å². The minimum Gasteiger partial charge on any atom is -0.478 e. The first-order chi connectivity index (χ1) is 14.8. The van der Waals surface area contributed by atoms with Crippen molar-refractivity contribution in [2.45, 2.75) is 33.4 Å². The molecule has 31 heavy (non-hydrogen) atoms. The number of pyridine rings is 1. The van der Waals surface area contributed by atoms with E-state index in [1.807, 2.05) is 17.7 Å². The largest absolute Gasteiger partial charge is 0.478 e. The molecule has 0 unspecified atom stereocenters. The van der Waals surface area contributed by atoms with Crippen LogP contribution in [0.4, 0.5) is 11.5 Å². The maximum atomic E-state index is 12.4. The van der Waals surface area contributed by atoms with Gasteiger partial charge in [0, 0.05) is 23.6 Å². The molecule has 0 aliphatic heterocycles. The van der Waals surface area contributed by atoms with Crippen molar-refractivity contribution >= 4 is 39.3 Å². The number of carbonyl (C=O) groups is 2. The number of carbonyl (C=O) groups excluding carboxylic acids is 1. The monoisotopic (exact) mass is 485 g/mol. The lowest BCUT2D eigenvalue weighted by molar-refractivity contribution is 0.0696. The summed E-state index contributed by atoms with van der Waals surface area (Å²) in [4.78, 5) is 30.4. The number of hydrogen-bond acceptors (Lipinski definition) is 5. The quantitative estimate of drug-likeness (QED) is 0.491. The summed E-state index contributed by atoms with van der Waals surface area (Å²) >= 11 is 3.33. The molecule has 2 heterocycles. The minimum atomic E-state index is -1.12. The topological polar surface area (TPSA) is 100 Å². The molecule has 1 aromatic carbocycles. The van der Waals surface area contributed by atoms with E-state index in [1.54, 1.807) is 36.2 Å². The first kappa shape index (κ1) is 22.5. The number of aromatic nitrogens is 3. The Morgan fingerprint density at radius 2 is 1.94 bits per heavy atom. The third kappa shape index (κ3) is 5.49. The number of benzene rings is 1. The Morgan fingerprint density at radius 1 is 1.23 bits per heavy atom. The average Bonchev–Trinajstić information content (AvgIpc) is 3.07. The zero-order valence-electron chi connectivity index (χ0n) is 17.6. The molecule has 0 atom stereocenters. The Bertz CT molecular complexity index is 1100. The molecule has 0 saturated carbocycles. The molecule has 8 nitrogen and oxygen atoms in total. The van der Waals surface area contributed by atoms with E-state index in [9.17, 15) is 14.7 Å². The smallest absolute Gasteiger partial charge is 0.339 e. The fraction of sp³-hybridized carbons (Fsp3) is 0.273. The van der Waals surface area contributed by atoms with E-state index in [-0.39, 0.29) is 11.5 Å². The van der Waals surface area contributed by atoms with E-state index in [1.165, 1.54) is 12.3 Å². The van der Waals surface area contributed by atoms with Gasteiger partial charge in [0.05, 0.1) is 29.8 Å². The van der Waals surface area contributed by atoms with E-state index < -0.39 is 5.97 Å². The number of hydrogen-bond donors (Lipinski definition) is 2. The van der Waals surface area contributed by atoms with Gasteiger partial charge >= 0.3 is 5.97 Å². The molecule has 0 spiro atoms. The highest BCUT2D eigenvalue weighted by Crippen LogP contribution is 2.23. The predicted octanol–water partition coefficient (Wildman–Crippen LogP) is 4.35. The number of carboxylic acid groups (broad SMARTS) is 1. The van der Waals surface area contributed by atoms with Crippen LogP contribution in [0.1, 0.15) is 45.4 Å². The lowest BCUT2D eigenvalue weighted by atomic mass is 10.2. The van der Waals surface area contributed by atoms with Crippen LogP contribution in [0.15, 0.2) is 47.1 Å². The summed E-state index contributed by atoms with van der Waals surface area (Å²) in [6.45, 7) is 5.26. The molecule has 0 aliphatic carbocycles. The molecule has 2 aromatic heterocycles. The molecule has 0 aliphatic rings. The molecule has 2 N–H and O–H groups in total. The Kier molecular flexibility index (Phi) is 7.06. The van der Waals surface area contributed by atoms with Gasteiger partial charge in [-0.3, -0.25) is 9.48 Å². The van der Waals surface area contributed by atoms with Gasteiger partial charge in [-0.1, -0.05) is 22.9 Å². The van der Waals surface area contributed by atoms with Crippen LogP contribution in [-0.4, -0.2) is 38.8 Å². The van der Waals surface area contributed by atoms with Crippen LogP contribution in [0.3, 0.4) is 0 Å². The summed E-state index contributed by atoms with van der Waals surface area (Å²) in [5.74, 6) is -1.14. The molecule has 1 amide bonds. The Morgan fingerprint density at radius 3 is 2.58 bits per heavy atom. The lowest BCUT2D eigenvalue weighted by Gasteiger charge is -2.21. The van der Waals surface area contributed by atoms with E-state index in [0.29, 0.717) is 23.6 Å². The van der Waals surface area contributed by atoms with Gasteiger partial charge < -0.3 is 15.3 Å². The third-order valence-electron chi connectivity index (χ3n) is 4.64. The zero-order valence-corrected chi connectivity index (χ0v) is 19.2. The first-order valence-electron chi connectivity index (χ1n) is 9.83. The number of anilines is 2. The first-order valence-corrected chi connectivity index (χ1v) is 10.6. The molecule has 9 heteroatoms. The normalized spacial score (nSPS) is 10.7. The summed E-state index contributed by atoms with van der Waals surface area (Å²) in [5, 5.41) is 16.9. The average molecular weight is 486 g/mol. The van der Waals surface area contributed by atoms with E-state index in [4.69, 9.17) is 0 Å². The Labute approximate surface area is 189 Å². The Hall–Kier alpha value is -3.20. The number of amides is 1. The summed E-state index contributed by atoms with van der Waals surface area (Å²) in [7, 11) is 1.79. The van der Waals surface area contributed by atoms with Gasteiger partial charge in [0.15, 0.2) is 0 Å². The number of aryl methyl sites for hydroxylation is 2. The molecule has 0 saturated heterocycles. The van der Waals surface area contributed by atoms with Crippen molar-refractivity contribution in [3.8, 4) is 0 Å². The SMILES string of the molecule is CCCn1nc(C)cc1CN(C)c1ncc(NC(=O)c2ccc(Br)cc2)cc1C(=O)O. The second-order valence-corrected chi connectivity index (χ2v) is 8.13. The molecule has 162 valence electrons. The van der Waals surface area contributed by atoms with Gasteiger partial charge in [-0.2, -0.15) is 5.10 Å². The lowest BCUT2D eigenvalue weighted by Crippen LogP contribution is -2.23. The van der Waals surface area contributed by atoms with Crippen molar-refractivity contribution in [3.05, 3.63) is 69.6 Å². The predicted molar refractivity (Wildman–Crippen MR) is 123 cm³/mol. The number of rotatable bonds is 8. The minimum absolute atomic E-state index is 0.00869. The fourth-order valence-electron chi connectivity index (χ4n) is 3.24. The highest BCUT2D eigenvalue weighted by molar-refractivity contribution is 9.10. The number of aromatic carboxylic acids is 1.